The van der Waals surface area contributed by atoms with Crippen molar-refractivity contribution in [1.82, 2.24) is 19.5 Å². The number of hydrogen-bond acceptors (Lipinski definition) is 6. The number of aromatic nitrogens is 4. The molecule has 1 aliphatic heterocycles. The van der Waals surface area contributed by atoms with Crippen LogP contribution in [0, 0.1) is 0 Å². The van der Waals surface area contributed by atoms with Gasteiger partial charge in [0.25, 0.3) is 6.43 Å². The van der Waals surface area contributed by atoms with Crippen LogP contribution in [0.4, 0.5) is 14.6 Å². The molecule has 0 atom stereocenters. The fraction of sp³-hybridized carbons (Fsp3) is 0.217. The monoisotopic (exact) mass is 451 g/mol. The van der Waals surface area contributed by atoms with Crippen LogP contribution in [0.25, 0.3) is 28.2 Å². The second kappa shape index (κ2) is 8.55. The van der Waals surface area contributed by atoms with Crippen LogP contribution in [0.5, 0.6) is 0 Å². The molecule has 0 amide bonds. The number of halogens is 2. The van der Waals surface area contributed by atoms with E-state index >= 15 is 0 Å². The van der Waals surface area contributed by atoms with Crippen LogP contribution in [0.2, 0.25) is 0 Å². The zero-order valence-corrected chi connectivity index (χ0v) is 17.4. The van der Waals surface area contributed by atoms with Crippen LogP contribution in [-0.2, 0) is 4.74 Å². The van der Waals surface area contributed by atoms with Crippen LogP contribution in [0.15, 0.2) is 54.6 Å². The van der Waals surface area contributed by atoms with E-state index in [2.05, 4.69) is 15.0 Å². The lowest BCUT2D eigenvalue weighted by Gasteiger charge is -2.28. The number of fused-ring (bicyclic) bond motifs is 1. The lowest BCUT2D eigenvalue weighted by atomic mass is 10.1. The summed E-state index contributed by atoms with van der Waals surface area (Å²) in [5, 5.41) is 9.18. The topological polar surface area (TPSA) is 93.4 Å². The second-order valence-electron chi connectivity index (χ2n) is 7.48. The number of nitrogens with zero attached hydrogens (tertiary/aromatic N) is 5. The van der Waals surface area contributed by atoms with Crippen molar-refractivity contribution in [2.24, 2.45) is 0 Å². The minimum atomic E-state index is -2.81. The van der Waals surface area contributed by atoms with Crippen molar-refractivity contribution in [2.75, 3.05) is 31.2 Å². The van der Waals surface area contributed by atoms with E-state index in [1.54, 1.807) is 42.5 Å². The third-order valence-electron chi connectivity index (χ3n) is 5.44. The maximum Gasteiger partial charge on any atom is 0.335 e. The van der Waals surface area contributed by atoms with Gasteiger partial charge in [-0.2, -0.15) is 0 Å². The van der Waals surface area contributed by atoms with E-state index in [1.807, 2.05) is 4.90 Å². The molecule has 5 rings (SSSR count). The van der Waals surface area contributed by atoms with Crippen LogP contribution in [0.3, 0.4) is 0 Å². The summed E-state index contributed by atoms with van der Waals surface area (Å²) in [7, 11) is 0. The number of carboxylic acid groups (broad SMARTS) is 1. The molecular formula is C23H19F2N5O3. The highest BCUT2D eigenvalue weighted by molar-refractivity contribution is 5.88. The van der Waals surface area contributed by atoms with Crippen molar-refractivity contribution < 1.29 is 23.4 Å². The average molecular weight is 451 g/mol. The molecule has 2 aromatic heterocycles. The molecule has 0 radical (unpaired) electrons. The Morgan fingerprint density at radius 3 is 2.36 bits per heavy atom. The number of carbonyl (C=O) groups is 1. The highest BCUT2D eigenvalue weighted by atomic mass is 19.3. The maximum atomic E-state index is 13.9. The summed E-state index contributed by atoms with van der Waals surface area (Å²) in [4.78, 5) is 26.6. The molecule has 8 nitrogen and oxygen atoms in total. The minimum absolute atomic E-state index is 0.129. The first-order valence-corrected chi connectivity index (χ1v) is 10.3. The van der Waals surface area contributed by atoms with Crippen molar-refractivity contribution in [1.29, 1.82) is 0 Å². The number of ether oxygens (including phenoxy) is 1. The first-order valence-electron chi connectivity index (χ1n) is 10.3. The van der Waals surface area contributed by atoms with Crippen molar-refractivity contribution in [3.8, 4) is 17.2 Å². The van der Waals surface area contributed by atoms with Gasteiger partial charge in [0.1, 0.15) is 11.6 Å². The number of rotatable bonds is 5. The van der Waals surface area contributed by atoms with Crippen LogP contribution in [0.1, 0.15) is 22.6 Å². The standard InChI is InChI=1S/C23H19F2N5O3/c24-20(25)22-26-16-3-1-2-4-17(16)30(22)19-13-18(29-9-11-33-12-10-29)27-21(28-19)14-5-7-15(8-6-14)23(31)32/h1-8,13,20H,9-12H2,(H,31,32). The average Bonchev–Trinajstić information content (AvgIpc) is 3.24. The summed E-state index contributed by atoms with van der Waals surface area (Å²) in [6, 6.07) is 14.7. The highest BCUT2D eigenvalue weighted by Gasteiger charge is 2.23. The van der Waals surface area contributed by atoms with Gasteiger partial charge in [-0.3, -0.25) is 4.57 Å². The fourth-order valence-corrected chi connectivity index (χ4v) is 3.81. The minimum Gasteiger partial charge on any atom is -0.478 e. The maximum absolute atomic E-state index is 13.9. The summed E-state index contributed by atoms with van der Waals surface area (Å²) in [5.74, 6) is -0.331. The Morgan fingerprint density at radius 2 is 1.67 bits per heavy atom. The molecule has 0 bridgehead atoms. The number of para-hydroxylation sites is 2. The van der Waals surface area contributed by atoms with Gasteiger partial charge in [0.05, 0.1) is 29.8 Å². The molecule has 1 N–H and O–H groups in total. The quantitative estimate of drug-likeness (QED) is 0.491. The molecule has 0 saturated carbocycles. The predicted molar refractivity (Wildman–Crippen MR) is 117 cm³/mol. The Labute approximate surface area is 187 Å². The van der Waals surface area contributed by atoms with Gasteiger partial charge in [0, 0.05) is 24.7 Å². The van der Waals surface area contributed by atoms with E-state index in [0.29, 0.717) is 54.5 Å². The Bertz CT molecular complexity index is 1320. The highest BCUT2D eigenvalue weighted by Crippen LogP contribution is 2.30. The number of imidazole rings is 1. The molecule has 1 fully saturated rings. The molecule has 10 heteroatoms. The van der Waals surface area contributed by atoms with Gasteiger partial charge in [-0.15, -0.1) is 0 Å². The van der Waals surface area contributed by atoms with Crippen LogP contribution < -0.4 is 4.90 Å². The van der Waals surface area contributed by atoms with Crippen molar-refractivity contribution >= 4 is 22.8 Å². The molecule has 33 heavy (non-hydrogen) atoms. The number of aromatic carboxylic acids is 1. The van der Waals surface area contributed by atoms with E-state index < -0.39 is 18.2 Å². The number of morpholine rings is 1. The number of benzene rings is 2. The summed E-state index contributed by atoms with van der Waals surface area (Å²) < 4.78 is 34.7. The smallest absolute Gasteiger partial charge is 0.335 e. The Morgan fingerprint density at radius 1 is 0.970 bits per heavy atom. The normalized spacial score (nSPS) is 14.2. The van der Waals surface area contributed by atoms with E-state index in [4.69, 9.17) is 4.74 Å². The SMILES string of the molecule is O=C(O)c1ccc(-c2nc(N3CCOCC3)cc(-n3c(C(F)F)nc4ccccc43)n2)cc1. The first kappa shape index (κ1) is 21.0. The third kappa shape index (κ3) is 4.00. The van der Waals surface area contributed by atoms with Gasteiger partial charge in [-0.1, -0.05) is 24.3 Å². The van der Waals surface area contributed by atoms with Crippen molar-refractivity contribution in [2.45, 2.75) is 6.43 Å². The summed E-state index contributed by atoms with van der Waals surface area (Å²) in [5.41, 5.74) is 1.64. The van der Waals surface area contributed by atoms with Gasteiger partial charge < -0.3 is 14.7 Å². The van der Waals surface area contributed by atoms with Gasteiger partial charge >= 0.3 is 5.97 Å². The van der Waals surface area contributed by atoms with E-state index in [-0.39, 0.29) is 11.4 Å². The third-order valence-corrected chi connectivity index (χ3v) is 5.44. The second-order valence-corrected chi connectivity index (χ2v) is 7.48. The largest absolute Gasteiger partial charge is 0.478 e. The Balaban J connectivity index is 1.71. The first-order chi connectivity index (χ1) is 16.0. The van der Waals surface area contributed by atoms with Crippen molar-refractivity contribution in [3.63, 3.8) is 0 Å². The molecule has 2 aromatic carbocycles. The summed E-state index contributed by atoms with van der Waals surface area (Å²) >= 11 is 0. The molecule has 1 saturated heterocycles. The van der Waals surface area contributed by atoms with Crippen molar-refractivity contribution in [3.05, 3.63) is 66.0 Å². The molecule has 3 heterocycles. The molecule has 4 aromatic rings. The van der Waals surface area contributed by atoms with Gasteiger partial charge in [-0.25, -0.2) is 28.5 Å². The number of anilines is 1. The van der Waals surface area contributed by atoms with Gasteiger partial charge in [-0.05, 0) is 24.3 Å². The molecule has 1 aliphatic rings. The Kier molecular flexibility index (Phi) is 5.43. The predicted octanol–water partition coefficient (Wildman–Crippen LogP) is 3.95. The Hall–Kier alpha value is -3.92. The summed E-state index contributed by atoms with van der Waals surface area (Å²) in [6.07, 6.45) is -2.81. The lowest BCUT2D eigenvalue weighted by Crippen LogP contribution is -2.37. The zero-order chi connectivity index (χ0) is 22.9. The summed E-state index contributed by atoms with van der Waals surface area (Å²) in [6.45, 7) is 2.25. The molecule has 0 aliphatic carbocycles. The van der Waals surface area contributed by atoms with Crippen LogP contribution >= 0.6 is 0 Å². The molecular weight excluding hydrogens is 432 g/mol. The van der Waals surface area contributed by atoms with Crippen LogP contribution in [-0.4, -0.2) is 56.9 Å². The molecule has 0 spiro atoms. The number of carboxylic acids is 1. The number of alkyl halides is 2. The zero-order valence-electron chi connectivity index (χ0n) is 17.4. The molecule has 0 unspecified atom stereocenters. The van der Waals surface area contributed by atoms with E-state index in [0.717, 1.165) is 0 Å². The fourth-order valence-electron chi connectivity index (χ4n) is 3.81. The van der Waals surface area contributed by atoms with E-state index in [1.165, 1.54) is 16.7 Å². The lowest BCUT2D eigenvalue weighted by molar-refractivity contribution is 0.0697. The molecule has 168 valence electrons. The van der Waals surface area contributed by atoms with Gasteiger partial charge in [0.15, 0.2) is 11.6 Å². The van der Waals surface area contributed by atoms with E-state index in [9.17, 15) is 18.7 Å². The number of hydrogen-bond donors (Lipinski definition) is 1. The van der Waals surface area contributed by atoms with Gasteiger partial charge in [0.2, 0.25) is 0 Å².